The molecule has 0 bridgehead atoms. The number of aliphatic hydroxyl groups is 1. The number of benzene rings is 1. The fourth-order valence-corrected chi connectivity index (χ4v) is 1.71. The zero-order valence-electron chi connectivity index (χ0n) is 10.6. The SMILES string of the molecule is COCC(O)([CH]c1ccc(OC)c(F)c1Cl)C(F)(F)F. The van der Waals surface area contributed by atoms with Gasteiger partial charge in [0.15, 0.2) is 17.2 Å². The summed E-state index contributed by atoms with van der Waals surface area (Å²) in [6.45, 7) is -1.04. The van der Waals surface area contributed by atoms with E-state index in [4.69, 9.17) is 11.6 Å². The second-order valence-corrected chi connectivity index (χ2v) is 4.36. The molecule has 1 N–H and O–H groups in total. The minimum Gasteiger partial charge on any atom is -0.494 e. The summed E-state index contributed by atoms with van der Waals surface area (Å²) < 4.78 is 61.1. The van der Waals surface area contributed by atoms with E-state index in [2.05, 4.69) is 9.47 Å². The van der Waals surface area contributed by atoms with Crippen molar-refractivity contribution in [1.82, 2.24) is 0 Å². The lowest BCUT2D eigenvalue weighted by molar-refractivity contribution is -0.257. The van der Waals surface area contributed by atoms with Gasteiger partial charge in [-0.25, -0.2) is 4.39 Å². The smallest absolute Gasteiger partial charge is 0.420 e. The van der Waals surface area contributed by atoms with Crippen molar-refractivity contribution in [3.8, 4) is 5.75 Å². The molecule has 1 aromatic rings. The van der Waals surface area contributed by atoms with Gasteiger partial charge in [0, 0.05) is 13.5 Å². The van der Waals surface area contributed by atoms with E-state index in [9.17, 15) is 22.7 Å². The number of alkyl halides is 3. The third kappa shape index (κ3) is 3.34. The van der Waals surface area contributed by atoms with Gasteiger partial charge in [0.25, 0.3) is 0 Å². The molecule has 0 amide bonds. The molecule has 20 heavy (non-hydrogen) atoms. The monoisotopic (exact) mass is 315 g/mol. The number of methoxy groups -OCH3 is 2. The molecule has 0 saturated heterocycles. The molecule has 0 aromatic heterocycles. The van der Waals surface area contributed by atoms with Gasteiger partial charge in [0.2, 0.25) is 0 Å². The predicted octanol–water partition coefficient (Wildman–Crippen LogP) is 2.98. The van der Waals surface area contributed by atoms with Gasteiger partial charge in [-0.1, -0.05) is 17.7 Å². The van der Waals surface area contributed by atoms with E-state index in [-0.39, 0.29) is 11.3 Å². The Balaban J connectivity index is 3.16. The first-order valence-electron chi connectivity index (χ1n) is 5.32. The summed E-state index contributed by atoms with van der Waals surface area (Å²) in [4.78, 5) is 0. The Morgan fingerprint density at radius 2 is 1.90 bits per heavy atom. The lowest BCUT2D eigenvalue weighted by atomic mass is 9.94. The van der Waals surface area contributed by atoms with Crippen LogP contribution in [0.2, 0.25) is 5.02 Å². The lowest BCUT2D eigenvalue weighted by Crippen LogP contribution is -2.49. The van der Waals surface area contributed by atoms with Crippen molar-refractivity contribution in [3.05, 3.63) is 35.0 Å². The zero-order valence-corrected chi connectivity index (χ0v) is 11.3. The van der Waals surface area contributed by atoms with Gasteiger partial charge in [-0.2, -0.15) is 13.2 Å². The quantitative estimate of drug-likeness (QED) is 0.849. The van der Waals surface area contributed by atoms with Crippen molar-refractivity contribution in [2.75, 3.05) is 20.8 Å². The Hall–Kier alpha value is -1.05. The molecule has 1 unspecified atom stereocenters. The molecule has 0 spiro atoms. The van der Waals surface area contributed by atoms with Gasteiger partial charge >= 0.3 is 6.18 Å². The summed E-state index contributed by atoms with van der Waals surface area (Å²) in [6, 6.07) is 2.22. The van der Waals surface area contributed by atoms with Gasteiger partial charge in [0.1, 0.15) is 0 Å². The highest BCUT2D eigenvalue weighted by atomic mass is 35.5. The molecule has 1 rings (SSSR count). The van der Waals surface area contributed by atoms with Gasteiger partial charge in [-0.3, -0.25) is 0 Å². The van der Waals surface area contributed by atoms with Crippen LogP contribution in [0.25, 0.3) is 0 Å². The predicted molar refractivity (Wildman–Crippen MR) is 64.2 cm³/mol. The number of ether oxygens (including phenoxy) is 2. The van der Waals surface area contributed by atoms with E-state index < -0.39 is 29.2 Å². The standard InChI is InChI=1S/C12H12ClF4O3/c1-19-6-11(18,12(15,16)17)5-7-3-4-8(20-2)10(14)9(7)13/h3-5,18H,6H2,1-2H3. The van der Waals surface area contributed by atoms with Crippen LogP contribution in [0.3, 0.4) is 0 Å². The molecule has 0 fully saturated rings. The maximum Gasteiger partial charge on any atom is 0.420 e. The maximum atomic E-state index is 13.6. The minimum absolute atomic E-state index is 0.213. The Morgan fingerprint density at radius 3 is 2.35 bits per heavy atom. The second-order valence-electron chi connectivity index (χ2n) is 3.98. The van der Waals surface area contributed by atoms with E-state index in [1.165, 1.54) is 7.11 Å². The summed E-state index contributed by atoms with van der Waals surface area (Å²) in [7, 11) is 2.19. The van der Waals surface area contributed by atoms with Crippen molar-refractivity contribution in [1.29, 1.82) is 0 Å². The first-order valence-corrected chi connectivity index (χ1v) is 5.70. The normalized spacial score (nSPS) is 15.0. The Kier molecular flexibility index (Phi) is 5.23. The van der Waals surface area contributed by atoms with Crippen LogP contribution in [0.5, 0.6) is 5.75 Å². The molecule has 0 saturated carbocycles. The summed E-state index contributed by atoms with van der Waals surface area (Å²) >= 11 is 5.63. The third-order valence-electron chi connectivity index (χ3n) is 2.55. The van der Waals surface area contributed by atoms with Crippen molar-refractivity contribution >= 4 is 11.6 Å². The fourth-order valence-electron chi connectivity index (χ4n) is 1.50. The molecular formula is C12H12ClF4O3. The Labute approximate surface area is 118 Å². The number of rotatable bonds is 5. The Bertz CT molecular complexity index is 479. The molecule has 113 valence electrons. The van der Waals surface area contributed by atoms with E-state index in [1.807, 2.05) is 0 Å². The van der Waals surface area contributed by atoms with Gasteiger partial charge in [0.05, 0.1) is 18.7 Å². The number of halogens is 5. The van der Waals surface area contributed by atoms with Crippen LogP contribution >= 0.6 is 11.6 Å². The molecule has 1 aromatic carbocycles. The average molecular weight is 316 g/mol. The summed E-state index contributed by atoms with van der Waals surface area (Å²) in [5.41, 5.74) is -3.59. The summed E-state index contributed by atoms with van der Waals surface area (Å²) in [5, 5.41) is 9.04. The molecule has 3 nitrogen and oxygen atoms in total. The molecule has 1 atom stereocenters. The number of hydrogen-bond donors (Lipinski definition) is 1. The van der Waals surface area contributed by atoms with Crippen LogP contribution < -0.4 is 4.74 Å². The topological polar surface area (TPSA) is 38.7 Å². The first kappa shape index (κ1) is 17.0. The van der Waals surface area contributed by atoms with Crippen LogP contribution in [0, 0.1) is 12.2 Å². The van der Waals surface area contributed by atoms with Crippen LogP contribution in [-0.4, -0.2) is 37.7 Å². The maximum absolute atomic E-state index is 13.6. The van der Waals surface area contributed by atoms with Crippen LogP contribution in [-0.2, 0) is 4.74 Å². The van der Waals surface area contributed by atoms with Gasteiger partial charge in [-0.05, 0) is 11.6 Å². The van der Waals surface area contributed by atoms with Crippen LogP contribution in [0.4, 0.5) is 17.6 Å². The van der Waals surface area contributed by atoms with E-state index in [0.29, 0.717) is 6.42 Å². The van der Waals surface area contributed by atoms with E-state index >= 15 is 0 Å². The number of hydrogen-bond acceptors (Lipinski definition) is 3. The largest absolute Gasteiger partial charge is 0.494 e. The molecule has 0 aliphatic rings. The van der Waals surface area contributed by atoms with Crippen molar-refractivity contribution in [3.63, 3.8) is 0 Å². The minimum atomic E-state index is -5.00. The third-order valence-corrected chi connectivity index (χ3v) is 2.93. The van der Waals surface area contributed by atoms with Crippen LogP contribution in [0.1, 0.15) is 5.56 Å². The second kappa shape index (κ2) is 6.15. The highest BCUT2D eigenvalue weighted by molar-refractivity contribution is 6.31. The highest BCUT2D eigenvalue weighted by Gasteiger charge is 2.54. The Morgan fingerprint density at radius 1 is 1.30 bits per heavy atom. The first-order chi connectivity index (χ1) is 9.16. The highest BCUT2D eigenvalue weighted by Crippen LogP contribution is 2.38. The van der Waals surface area contributed by atoms with Gasteiger partial charge in [-0.15, -0.1) is 0 Å². The molecule has 0 aliphatic carbocycles. The molecule has 0 aliphatic heterocycles. The lowest BCUT2D eigenvalue weighted by Gasteiger charge is -2.29. The van der Waals surface area contributed by atoms with Gasteiger partial charge < -0.3 is 14.6 Å². The van der Waals surface area contributed by atoms with E-state index in [1.54, 1.807) is 0 Å². The molecule has 8 heteroatoms. The van der Waals surface area contributed by atoms with Crippen molar-refractivity contribution < 1.29 is 32.1 Å². The molecular weight excluding hydrogens is 304 g/mol. The average Bonchev–Trinajstić information content (AvgIpc) is 2.34. The van der Waals surface area contributed by atoms with Crippen LogP contribution in [0.15, 0.2) is 12.1 Å². The van der Waals surface area contributed by atoms with Crippen molar-refractivity contribution in [2.24, 2.45) is 0 Å². The summed E-state index contributed by atoms with van der Waals surface area (Å²) in [5.74, 6) is -1.22. The fraction of sp³-hybridized carbons (Fsp3) is 0.417. The van der Waals surface area contributed by atoms with Crippen molar-refractivity contribution in [2.45, 2.75) is 11.8 Å². The summed E-state index contributed by atoms with van der Waals surface area (Å²) in [6.07, 6.45) is -4.59. The zero-order chi connectivity index (χ0) is 15.6. The molecule has 1 radical (unpaired) electrons. The molecule has 0 heterocycles. The van der Waals surface area contributed by atoms with E-state index in [0.717, 1.165) is 19.2 Å².